The Hall–Kier alpha value is -0.570. The first-order chi connectivity index (χ1) is 5.68. The molecule has 0 radical (unpaired) electrons. The second-order valence-corrected chi connectivity index (χ2v) is 4.07. The van der Waals surface area contributed by atoms with Gasteiger partial charge in [-0.25, -0.2) is 0 Å². The summed E-state index contributed by atoms with van der Waals surface area (Å²) >= 11 is 0. The molecule has 12 heavy (non-hydrogen) atoms. The summed E-state index contributed by atoms with van der Waals surface area (Å²) in [6.45, 7) is 0. The number of carbonyl (C=O) groups is 1. The van der Waals surface area contributed by atoms with Gasteiger partial charge in [0, 0.05) is 11.9 Å². The standard InChI is InChI=1S/C9H14O3/c10-8-4-5-1-2-6(8)7(3-5)9(11)12/h5-8,10H,1-4H2,(H,11,12)/p-1/t5-,6-,7-,8-/m1/s1. The summed E-state index contributed by atoms with van der Waals surface area (Å²) in [5, 5.41) is 20.2. The third kappa shape index (κ3) is 1.12. The molecule has 0 aromatic carbocycles. The number of hydrogen-bond donors (Lipinski definition) is 1. The minimum Gasteiger partial charge on any atom is -0.550 e. The van der Waals surface area contributed by atoms with Crippen LogP contribution in [0.25, 0.3) is 0 Å². The summed E-state index contributed by atoms with van der Waals surface area (Å²) in [4.78, 5) is 10.7. The summed E-state index contributed by atoms with van der Waals surface area (Å²) in [6.07, 6.45) is 3.09. The molecule has 0 aromatic rings. The maximum absolute atomic E-state index is 10.7. The van der Waals surface area contributed by atoms with Crippen LogP contribution >= 0.6 is 0 Å². The minimum absolute atomic E-state index is 0.0278. The lowest BCUT2D eigenvalue weighted by Crippen LogP contribution is -2.48. The Kier molecular flexibility index (Phi) is 1.83. The fraction of sp³-hybridized carbons (Fsp3) is 0.889. The van der Waals surface area contributed by atoms with Crippen LogP contribution < -0.4 is 5.11 Å². The number of carboxylic acid groups (broad SMARTS) is 1. The molecule has 3 rings (SSSR count). The molecule has 3 fully saturated rings. The van der Waals surface area contributed by atoms with Gasteiger partial charge < -0.3 is 15.0 Å². The Labute approximate surface area is 71.4 Å². The summed E-state index contributed by atoms with van der Waals surface area (Å²) in [6, 6.07) is 0. The molecule has 0 amide bonds. The lowest BCUT2D eigenvalue weighted by molar-refractivity contribution is -0.317. The van der Waals surface area contributed by atoms with Crippen LogP contribution in [0.4, 0.5) is 0 Å². The second kappa shape index (κ2) is 2.73. The van der Waals surface area contributed by atoms with Gasteiger partial charge in [-0.1, -0.05) is 0 Å². The average molecular weight is 169 g/mol. The van der Waals surface area contributed by atoms with Crippen LogP contribution in [0.1, 0.15) is 25.7 Å². The monoisotopic (exact) mass is 169 g/mol. The Balaban J connectivity index is 2.14. The normalized spacial score (nSPS) is 46.1. The minimum atomic E-state index is -0.969. The quantitative estimate of drug-likeness (QED) is 0.577. The Morgan fingerprint density at radius 1 is 1.33 bits per heavy atom. The Morgan fingerprint density at radius 2 is 2.08 bits per heavy atom. The number of carboxylic acids is 1. The van der Waals surface area contributed by atoms with Gasteiger partial charge in [-0.2, -0.15) is 0 Å². The van der Waals surface area contributed by atoms with Crippen molar-refractivity contribution in [2.24, 2.45) is 17.8 Å². The van der Waals surface area contributed by atoms with Crippen molar-refractivity contribution < 1.29 is 15.0 Å². The van der Waals surface area contributed by atoms with Gasteiger partial charge in [0.2, 0.25) is 0 Å². The maximum Gasteiger partial charge on any atom is 0.0577 e. The fourth-order valence-corrected chi connectivity index (χ4v) is 2.74. The molecular formula is C9H13O3-. The highest BCUT2D eigenvalue weighted by atomic mass is 16.4. The molecule has 3 aliphatic carbocycles. The Morgan fingerprint density at radius 3 is 2.50 bits per heavy atom. The van der Waals surface area contributed by atoms with E-state index in [4.69, 9.17) is 0 Å². The number of aliphatic hydroxyl groups excluding tert-OH is 1. The molecule has 0 unspecified atom stereocenters. The summed E-state index contributed by atoms with van der Waals surface area (Å²) in [7, 11) is 0. The van der Waals surface area contributed by atoms with E-state index in [1.807, 2.05) is 0 Å². The molecular weight excluding hydrogens is 156 g/mol. The number of fused-ring (bicyclic) bond motifs is 3. The van der Waals surface area contributed by atoms with E-state index in [0.717, 1.165) is 25.7 Å². The number of hydrogen-bond acceptors (Lipinski definition) is 3. The van der Waals surface area contributed by atoms with E-state index in [1.165, 1.54) is 0 Å². The summed E-state index contributed by atoms with van der Waals surface area (Å²) in [5.41, 5.74) is 0. The van der Waals surface area contributed by atoms with Crippen molar-refractivity contribution in [2.45, 2.75) is 31.8 Å². The molecule has 68 valence electrons. The second-order valence-electron chi connectivity index (χ2n) is 4.07. The molecule has 3 saturated carbocycles. The van der Waals surface area contributed by atoms with Gasteiger partial charge in [0.05, 0.1) is 6.10 Å². The number of aliphatic carboxylic acids is 1. The molecule has 0 spiro atoms. The van der Waals surface area contributed by atoms with Crippen molar-refractivity contribution in [2.75, 3.05) is 0 Å². The number of aliphatic hydroxyl groups is 1. The van der Waals surface area contributed by atoms with E-state index in [-0.39, 0.29) is 17.9 Å². The smallest absolute Gasteiger partial charge is 0.0577 e. The third-order valence-electron chi connectivity index (χ3n) is 3.38. The van der Waals surface area contributed by atoms with E-state index in [9.17, 15) is 15.0 Å². The van der Waals surface area contributed by atoms with Crippen LogP contribution in [0.2, 0.25) is 0 Å². The van der Waals surface area contributed by atoms with Crippen molar-refractivity contribution in [1.29, 1.82) is 0 Å². The highest BCUT2D eigenvalue weighted by molar-refractivity contribution is 5.68. The predicted molar refractivity (Wildman–Crippen MR) is 40.0 cm³/mol. The summed E-state index contributed by atoms with van der Waals surface area (Å²) < 4.78 is 0. The molecule has 3 heteroatoms. The van der Waals surface area contributed by atoms with Gasteiger partial charge in [-0.15, -0.1) is 0 Å². The van der Waals surface area contributed by atoms with E-state index >= 15 is 0 Å². The van der Waals surface area contributed by atoms with Gasteiger partial charge >= 0.3 is 0 Å². The molecule has 3 aliphatic rings. The van der Waals surface area contributed by atoms with E-state index in [2.05, 4.69) is 0 Å². The van der Waals surface area contributed by atoms with Crippen LogP contribution in [0.15, 0.2) is 0 Å². The average Bonchev–Trinajstić information content (AvgIpc) is 2.04. The Bertz CT molecular complexity index is 202. The van der Waals surface area contributed by atoms with E-state index < -0.39 is 5.97 Å². The van der Waals surface area contributed by atoms with Crippen molar-refractivity contribution in [1.82, 2.24) is 0 Å². The molecule has 3 nitrogen and oxygen atoms in total. The predicted octanol–water partition coefficient (Wildman–Crippen LogP) is -0.467. The molecule has 0 aromatic heterocycles. The van der Waals surface area contributed by atoms with Gasteiger partial charge in [-0.05, 0) is 37.5 Å². The molecule has 2 bridgehead atoms. The van der Waals surface area contributed by atoms with Crippen LogP contribution in [-0.4, -0.2) is 17.2 Å². The molecule has 1 N–H and O–H groups in total. The first-order valence-corrected chi connectivity index (χ1v) is 4.57. The first kappa shape index (κ1) is 8.05. The maximum atomic E-state index is 10.7. The molecule has 4 atom stereocenters. The van der Waals surface area contributed by atoms with Gasteiger partial charge in [-0.3, -0.25) is 0 Å². The van der Waals surface area contributed by atoms with Crippen molar-refractivity contribution in [3.8, 4) is 0 Å². The molecule has 0 heterocycles. The zero-order valence-electron chi connectivity index (χ0n) is 6.90. The zero-order valence-corrected chi connectivity index (χ0v) is 6.90. The van der Waals surface area contributed by atoms with Crippen molar-refractivity contribution in [3.63, 3.8) is 0 Å². The first-order valence-electron chi connectivity index (χ1n) is 4.57. The highest BCUT2D eigenvalue weighted by Gasteiger charge is 2.41. The van der Waals surface area contributed by atoms with Crippen LogP contribution in [0.5, 0.6) is 0 Å². The van der Waals surface area contributed by atoms with Gasteiger partial charge in [0.25, 0.3) is 0 Å². The molecule has 0 saturated heterocycles. The lowest BCUT2D eigenvalue weighted by Gasteiger charge is -2.45. The van der Waals surface area contributed by atoms with Crippen molar-refractivity contribution in [3.05, 3.63) is 0 Å². The van der Waals surface area contributed by atoms with E-state index in [1.54, 1.807) is 0 Å². The number of rotatable bonds is 1. The topological polar surface area (TPSA) is 60.4 Å². The van der Waals surface area contributed by atoms with Gasteiger partial charge in [0.15, 0.2) is 0 Å². The largest absolute Gasteiger partial charge is 0.550 e. The highest BCUT2D eigenvalue weighted by Crippen LogP contribution is 2.44. The third-order valence-corrected chi connectivity index (χ3v) is 3.38. The van der Waals surface area contributed by atoms with E-state index in [0.29, 0.717) is 5.92 Å². The van der Waals surface area contributed by atoms with Crippen molar-refractivity contribution >= 4 is 5.97 Å². The molecule has 0 aliphatic heterocycles. The summed E-state index contributed by atoms with van der Waals surface area (Å²) in [5.74, 6) is -0.955. The van der Waals surface area contributed by atoms with Crippen LogP contribution in [0, 0.1) is 17.8 Å². The van der Waals surface area contributed by atoms with Crippen LogP contribution in [-0.2, 0) is 4.79 Å². The fourth-order valence-electron chi connectivity index (χ4n) is 2.74. The van der Waals surface area contributed by atoms with Gasteiger partial charge in [0.1, 0.15) is 0 Å². The SMILES string of the molecule is O=C([O-])[C@@H]1C[C@H]2CC[C@H]1[C@H](O)C2. The lowest BCUT2D eigenvalue weighted by atomic mass is 9.63. The number of carbonyl (C=O) groups excluding carboxylic acids is 1. The van der Waals surface area contributed by atoms with Crippen LogP contribution in [0.3, 0.4) is 0 Å². The zero-order chi connectivity index (χ0) is 8.72.